The van der Waals surface area contributed by atoms with Crippen molar-refractivity contribution in [1.29, 1.82) is 0 Å². The van der Waals surface area contributed by atoms with Gasteiger partial charge in [0.05, 0.1) is 5.69 Å². The molecule has 0 saturated heterocycles. The van der Waals surface area contributed by atoms with Crippen molar-refractivity contribution in [3.63, 3.8) is 0 Å². The second-order valence-electron chi connectivity index (χ2n) is 7.58. The Kier molecular flexibility index (Phi) is 6.07. The summed E-state index contributed by atoms with van der Waals surface area (Å²) >= 11 is 0. The van der Waals surface area contributed by atoms with Crippen LogP contribution >= 0.6 is 0 Å². The van der Waals surface area contributed by atoms with E-state index in [1.165, 1.54) is 5.01 Å². The fraction of sp³-hybridized carbons (Fsp3) is 0.304. The normalized spacial score (nSPS) is 14.8. The molecular formula is C23H23N3O6. The third-order valence-electron chi connectivity index (χ3n) is 5.12. The number of fused-ring (bicyclic) bond motifs is 1. The third kappa shape index (κ3) is 4.72. The lowest BCUT2D eigenvalue weighted by atomic mass is 10.1. The SMILES string of the molecule is Cc1ccc(C)c(N2N=C(C(=O)OCC(=O)NCc3ccc4c(c3)OCO4)CCC2=O)c1. The van der Waals surface area contributed by atoms with Gasteiger partial charge in [-0.05, 0) is 48.7 Å². The summed E-state index contributed by atoms with van der Waals surface area (Å²) in [7, 11) is 0. The number of carbonyl (C=O) groups excluding carboxylic acids is 3. The van der Waals surface area contributed by atoms with Crippen LogP contribution in [0.5, 0.6) is 11.5 Å². The lowest BCUT2D eigenvalue weighted by Crippen LogP contribution is -2.36. The van der Waals surface area contributed by atoms with Crippen LogP contribution in [0.3, 0.4) is 0 Å². The lowest BCUT2D eigenvalue weighted by molar-refractivity contribution is -0.142. The van der Waals surface area contributed by atoms with Crippen molar-refractivity contribution in [2.45, 2.75) is 33.2 Å². The maximum Gasteiger partial charge on any atom is 0.355 e. The van der Waals surface area contributed by atoms with Crippen LogP contribution in [0.1, 0.15) is 29.5 Å². The number of amides is 2. The van der Waals surface area contributed by atoms with Crippen LogP contribution in [0.25, 0.3) is 0 Å². The van der Waals surface area contributed by atoms with Gasteiger partial charge in [0.15, 0.2) is 18.1 Å². The van der Waals surface area contributed by atoms with E-state index in [1.54, 1.807) is 12.1 Å². The molecule has 0 fully saturated rings. The van der Waals surface area contributed by atoms with Gasteiger partial charge in [-0.25, -0.2) is 4.79 Å². The Balaban J connectivity index is 1.33. The smallest absolute Gasteiger partial charge is 0.355 e. The van der Waals surface area contributed by atoms with E-state index in [2.05, 4.69) is 10.4 Å². The van der Waals surface area contributed by atoms with Gasteiger partial charge in [0, 0.05) is 19.4 Å². The van der Waals surface area contributed by atoms with Crippen molar-refractivity contribution in [3.8, 4) is 11.5 Å². The van der Waals surface area contributed by atoms with Crippen LogP contribution in [-0.4, -0.2) is 36.9 Å². The molecule has 1 N–H and O–H groups in total. The summed E-state index contributed by atoms with van der Waals surface area (Å²) < 4.78 is 15.7. The topological polar surface area (TPSA) is 107 Å². The average Bonchev–Trinajstić information content (AvgIpc) is 3.26. The standard InChI is InChI=1S/C23H23N3O6/c1-14-3-4-15(2)18(9-14)26-22(28)8-6-17(25-26)23(29)30-12-21(27)24-11-16-5-7-19-20(10-16)32-13-31-19/h3-5,7,9-10H,6,8,11-13H2,1-2H3,(H,24,27). The van der Waals surface area contributed by atoms with E-state index in [0.29, 0.717) is 17.2 Å². The van der Waals surface area contributed by atoms with Gasteiger partial charge in [0.1, 0.15) is 5.71 Å². The number of benzene rings is 2. The fourth-order valence-corrected chi connectivity index (χ4v) is 3.35. The predicted molar refractivity (Wildman–Crippen MR) is 115 cm³/mol. The number of rotatable bonds is 6. The summed E-state index contributed by atoms with van der Waals surface area (Å²) in [4.78, 5) is 36.9. The second kappa shape index (κ2) is 9.09. The highest BCUT2D eigenvalue weighted by Crippen LogP contribution is 2.32. The minimum Gasteiger partial charge on any atom is -0.454 e. The zero-order chi connectivity index (χ0) is 22.7. The number of ether oxygens (including phenoxy) is 3. The van der Waals surface area contributed by atoms with E-state index >= 15 is 0 Å². The number of esters is 1. The summed E-state index contributed by atoms with van der Waals surface area (Å²) in [6.07, 6.45) is 0.301. The molecule has 2 aliphatic heterocycles. The minimum atomic E-state index is -0.717. The Morgan fingerprint density at radius 1 is 1.09 bits per heavy atom. The molecule has 2 aliphatic rings. The number of anilines is 1. The van der Waals surface area contributed by atoms with Crippen LogP contribution in [0.2, 0.25) is 0 Å². The minimum absolute atomic E-state index is 0.106. The van der Waals surface area contributed by atoms with Gasteiger partial charge < -0.3 is 19.5 Å². The van der Waals surface area contributed by atoms with Gasteiger partial charge in [-0.1, -0.05) is 18.2 Å². The largest absolute Gasteiger partial charge is 0.454 e. The zero-order valence-corrected chi connectivity index (χ0v) is 17.8. The van der Waals surface area contributed by atoms with Gasteiger partial charge in [-0.2, -0.15) is 10.1 Å². The molecule has 2 aromatic carbocycles. The predicted octanol–water partition coefficient (Wildman–Crippen LogP) is 2.37. The van der Waals surface area contributed by atoms with Crippen LogP contribution in [0.4, 0.5) is 5.69 Å². The number of hydrazone groups is 1. The second-order valence-corrected chi connectivity index (χ2v) is 7.58. The first-order valence-electron chi connectivity index (χ1n) is 10.2. The van der Waals surface area contributed by atoms with Gasteiger partial charge in [0.2, 0.25) is 12.7 Å². The summed E-state index contributed by atoms with van der Waals surface area (Å²) in [5.41, 5.74) is 3.40. The number of hydrogen-bond acceptors (Lipinski definition) is 7. The molecule has 166 valence electrons. The number of hydrogen-bond donors (Lipinski definition) is 1. The van der Waals surface area contributed by atoms with Crippen molar-refractivity contribution in [2.24, 2.45) is 5.10 Å². The van der Waals surface area contributed by atoms with Crippen molar-refractivity contribution in [3.05, 3.63) is 53.1 Å². The highest BCUT2D eigenvalue weighted by atomic mass is 16.7. The highest BCUT2D eigenvalue weighted by Gasteiger charge is 2.27. The first kappa shape index (κ1) is 21.4. The van der Waals surface area contributed by atoms with E-state index < -0.39 is 18.5 Å². The van der Waals surface area contributed by atoms with Gasteiger partial charge in [-0.15, -0.1) is 0 Å². The van der Waals surface area contributed by atoms with Gasteiger partial charge in [-0.3, -0.25) is 9.59 Å². The summed E-state index contributed by atoms with van der Waals surface area (Å²) in [6, 6.07) is 11.0. The van der Waals surface area contributed by atoms with Crippen molar-refractivity contribution in [1.82, 2.24) is 5.32 Å². The molecule has 0 aliphatic carbocycles. The van der Waals surface area contributed by atoms with Crippen LogP contribution in [0.15, 0.2) is 41.5 Å². The van der Waals surface area contributed by atoms with Crippen molar-refractivity contribution in [2.75, 3.05) is 18.4 Å². The Morgan fingerprint density at radius 2 is 1.91 bits per heavy atom. The number of nitrogens with zero attached hydrogens (tertiary/aromatic N) is 2. The van der Waals surface area contributed by atoms with E-state index in [4.69, 9.17) is 14.2 Å². The fourth-order valence-electron chi connectivity index (χ4n) is 3.35. The monoisotopic (exact) mass is 437 g/mol. The quantitative estimate of drug-likeness (QED) is 0.696. The Labute approximate surface area is 184 Å². The van der Waals surface area contributed by atoms with Crippen LogP contribution in [0, 0.1) is 13.8 Å². The third-order valence-corrected chi connectivity index (χ3v) is 5.12. The Bertz CT molecular complexity index is 1110. The molecular weight excluding hydrogens is 414 g/mol. The molecule has 4 rings (SSSR count). The van der Waals surface area contributed by atoms with E-state index in [1.807, 2.05) is 38.1 Å². The molecule has 2 amide bonds. The maximum absolute atomic E-state index is 12.4. The first-order chi connectivity index (χ1) is 15.4. The van der Waals surface area contributed by atoms with Crippen LogP contribution < -0.4 is 19.8 Å². The molecule has 2 aromatic rings. The summed E-state index contributed by atoms with van der Waals surface area (Å²) in [5.74, 6) is -0.0743. The lowest BCUT2D eigenvalue weighted by Gasteiger charge is -2.24. The highest BCUT2D eigenvalue weighted by molar-refractivity contribution is 6.38. The number of carbonyl (C=O) groups is 3. The molecule has 0 unspecified atom stereocenters. The van der Waals surface area contributed by atoms with Gasteiger partial charge >= 0.3 is 5.97 Å². The number of aryl methyl sites for hydroxylation is 2. The Morgan fingerprint density at radius 3 is 2.75 bits per heavy atom. The molecule has 32 heavy (non-hydrogen) atoms. The maximum atomic E-state index is 12.4. The molecule has 9 nitrogen and oxygen atoms in total. The van der Waals surface area contributed by atoms with E-state index in [0.717, 1.165) is 16.7 Å². The van der Waals surface area contributed by atoms with E-state index in [-0.39, 0.29) is 37.8 Å². The molecule has 0 spiro atoms. The molecule has 0 saturated carbocycles. The van der Waals surface area contributed by atoms with Crippen molar-refractivity contribution >= 4 is 29.2 Å². The molecule has 9 heteroatoms. The summed E-state index contributed by atoms with van der Waals surface area (Å²) in [5, 5.41) is 8.13. The van der Waals surface area contributed by atoms with E-state index in [9.17, 15) is 14.4 Å². The summed E-state index contributed by atoms with van der Waals surface area (Å²) in [6.45, 7) is 3.77. The van der Waals surface area contributed by atoms with Gasteiger partial charge in [0.25, 0.3) is 5.91 Å². The molecule has 0 aromatic heterocycles. The molecule has 2 heterocycles. The molecule has 0 bridgehead atoms. The van der Waals surface area contributed by atoms with Crippen molar-refractivity contribution < 1.29 is 28.6 Å². The molecule has 0 atom stereocenters. The van der Waals surface area contributed by atoms with Crippen LogP contribution in [-0.2, 0) is 25.7 Å². The number of nitrogens with one attached hydrogen (secondary N) is 1. The zero-order valence-electron chi connectivity index (χ0n) is 17.8. The Hall–Kier alpha value is -3.88. The molecule has 0 radical (unpaired) electrons. The first-order valence-corrected chi connectivity index (χ1v) is 10.2. The average molecular weight is 437 g/mol.